The number of aliphatic imine (C=N–C) groups is 1. The van der Waals surface area contributed by atoms with Crippen LogP contribution in [-0.4, -0.2) is 29.6 Å². The molecule has 2 atom stereocenters. The fraction of sp³-hybridized carbons (Fsp3) is 0.562. The summed E-state index contributed by atoms with van der Waals surface area (Å²) in [6, 6.07) is 9.89. The highest BCUT2D eigenvalue weighted by Crippen LogP contribution is 2.58. The highest BCUT2D eigenvalue weighted by Gasteiger charge is 2.47. The molecule has 1 aromatic rings. The maximum atomic E-state index is 13.1. The lowest BCUT2D eigenvalue weighted by Gasteiger charge is -2.27. The first-order valence-electron chi connectivity index (χ1n) is 7.43. The molecule has 0 radical (unpaired) electrons. The van der Waals surface area contributed by atoms with Gasteiger partial charge in [0.15, 0.2) is 0 Å². The van der Waals surface area contributed by atoms with Crippen molar-refractivity contribution in [2.75, 3.05) is 0 Å². The quantitative estimate of drug-likeness (QED) is 0.706. The topological polar surface area (TPSA) is 47.9 Å². The molecule has 4 nitrogen and oxygen atoms in total. The highest BCUT2D eigenvalue weighted by atomic mass is 31.2. The van der Waals surface area contributed by atoms with Crippen molar-refractivity contribution in [1.82, 2.24) is 0 Å². The van der Waals surface area contributed by atoms with Crippen LogP contribution in [0.4, 0.5) is 0 Å². The minimum Gasteiger partial charge on any atom is -0.306 e. The van der Waals surface area contributed by atoms with E-state index in [0.717, 1.165) is 11.3 Å². The van der Waals surface area contributed by atoms with E-state index in [0.29, 0.717) is 0 Å². The van der Waals surface area contributed by atoms with E-state index in [4.69, 9.17) is 9.05 Å². The van der Waals surface area contributed by atoms with Crippen molar-refractivity contribution >= 4 is 13.3 Å². The van der Waals surface area contributed by atoms with E-state index in [1.165, 1.54) is 0 Å². The van der Waals surface area contributed by atoms with Gasteiger partial charge in [0.05, 0.1) is 23.6 Å². The molecule has 2 rings (SSSR count). The predicted octanol–water partition coefficient (Wildman–Crippen LogP) is 4.29. The SMILES string of the molecule is CC(C)OP(=O)(OC(C)C)[C@H](C)[C@@H]1N=C1c1ccccc1. The third kappa shape index (κ3) is 4.03. The molecule has 0 fully saturated rings. The first-order valence-corrected chi connectivity index (χ1v) is 9.04. The maximum Gasteiger partial charge on any atom is 0.336 e. The molecule has 0 bridgehead atoms. The van der Waals surface area contributed by atoms with Gasteiger partial charge < -0.3 is 9.05 Å². The third-order valence-corrected chi connectivity index (χ3v) is 5.94. The second-order valence-electron chi connectivity index (χ2n) is 5.91. The summed E-state index contributed by atoms with van der Waals surface area (Å²) in [6.45, 7) is 9.38. The van der Waals surface area contributed by atoms with Crippen LogP contribution in [0.25, 0.3) is 0 Å². The molecule has 1 aromatic carbocycles. The van der Waals surface area contributed by atoms with Crippen LogP contribution in [0.2, 0.25) is 0 Å². The standard InChI is InChI=1S/C16H24NO3P/c1-11(2)19-21(18,20-12(3)4)13(5)15-16(17-15)14-9-7-6-8-10-14/h6-13,15H,1-5H3/t13-,15+/m1/s1. The van der Waals surface area contributed by atoms with Gasteiger partial charge in [-0.15, -0.1) is 0 Å². The molecule has 0 aromatic heterocycles. The van der Waals surface area contributed by atoms with Crippen LogP contribution < -0.4 is 0 Å². The average Bonchev–Trinajstić information content (AvgIpc) is 3.17. The van der Waals surface area contributed by atoms with E-state index in [2.05, 4.69) is 4.99 Å². The molecule has 0 saturated heterocycles. The Morgan fingerprint density at radius 3 is 2.00 bits per heavy atom. The summed E-state index contributed by atoms with van der Waals surface area (Å²) < 4.78 is 24.4. The lowest BCUT2D eigenvalue weighted by atomic mass is 10.1. The van der Waals surface area contributed by atoms with Gasteiger partial charge in [-0.2, -0.15) is 0 Å². The molecule has 1 aliphatic heterocycles. The molecule has 0 saturated carbocycles. The molecular weight excluding hydrogens is 285 g/mol. The van der Waals surface area contributed by atoms with Gasteiger partial charge in [0.2, 0.25) is 0 Å². The fourth-order valence-corrected chi connectivity index (χ4v) is 4.44. The van der Waals surface area contributed by atoms with Crippen LogP contribution in [0.1, 0.15) is 40.2 Å². The van der Waals surface area contributed by atoms with E-state index in [1.54, 1.807) is 0 Å². The number of hydrogen-bond donors (Lipinski definition) is 0. The molecule has 1 heterocycles. The molecule has 21 heavy (non-hydrogen) atoms. The Balaban J connectivity index is 2.11. The molecule has 5 heteroatoms. The Morgan fingerprint density at radius 2 is 1.52 bits per heavy atom. The van der Waals surface area contributed by atoms with Crippen molar-refractivity contribution in [3.63, 3.8) is 0 Å². The van der Waals surface area contributed by atoms with E-state index in [1.807, 2.05) is 65.0 Å². The van der Waals surface area contributed by atoms with Crippen molar-refractivity contribution < 1.29 is 13.6 Å². The van der Waals surface area contributed by atoms with Crippen molar-refractivity contribution in [1.29, 1.82) is 0 Å². The first-order chi connectivity index (χ1) is 9.83. The fourth-order valence-electron chi connectivity index (χ4n) is 2.28. The summed E-state index contributed by atoms with van der Waals surface area (Å²) in [5, 5.41) is 0. The Hall–Kier alpha value is -0.960. The zero-order valence-electron chi connectivity index (χ0n) is 13.3. The van der Waals surface area contributed by atoms with Gasteiger partial charge >= 0.3 is 7.60 Å². The number of nitrogens with zero attached hydrogens (tertiary/aromatic N) is 1. The second kappa shape index (κ2) is 6.43. The largest absolute Gasteiger partial charge is 0.336 e. The zero-order valence-corrected chi connectivity index (χ0v) is 14.2. The summed E-state index contributed by atoms with van der Waals surface area (Å²) in [5.41, 5.74) is 1.80. The van der Waals surface area contributed by atoms with Gasteiger partial charge in [0, 0.05) is 0 Å². The van der Waals surface area contributed by atoms with Crippen molar-refractivity contribution in [2.24, 2.45) is 4.99 Å². The Morgan fingerprint density at radius 1 is 1.00 bits per heavy atom. The zero-order chi connectivity index (χ0) is 15.6. The predicted molar refractivity (Wildman–Crippen MR) is 86.3 cm³/mol. The van der Waals surface area contributed by atoms with E-state index in [9.17, 15) is 4.57 Å². The van der Waals surface area contributed by atoms with Crippen LogP contribution in [0, 0.1) is 0 Å². The Bertz CT molecular complexity index is 540. The lowest BCUT2D eigenvalue weighted by Crippen LogP contribution is -2.23. The molecule has 1 aliphatic rings. The van der Waals surface area contributed by atoms with Gasteiger partial charge in [0.1, 0.15) is 6.04 Å². The van der Waals surface area contributed by atoms with E-state index >= 15 is 0 Å². The van der Waals surface area contributed by atoms with Gasteiger partial charge in [-0.05, 0) is 40.2 Å². The molecule has 0 unspecified atom stereocenters. The van der Waals surface area contributed by atoms with Crippen LogP contribution in [0.5, 0.6) is 0 Å². The normalized spacial score (nSPS) is 19.8. The molecule has 116 valence electrons. The Labute approximate surface area is 127 Å². The van der Waals surface area contributed by atoms with Crippen LogP contribution in [0.3, 0.4) is 0 Å². The van der Waals surface area contributed by atoms with Gasteiger partial charge in [-0.3, -0.25) is 9.56 Å². The minimum atomic E-state index is -3.19. The van der Waals surface area contributed by atoms with Crippen molar-refractivity contribution in [2.45, 2.75) is 58.5 Å². The molecule has 0 spiro atoms. The molecule has 0 aliphatic carbocycles. The Kier molecular flexibility index (Phi) is 5.03. The molecule has 0 amide bonds. The van der Waals surface area contributed by atoms with E-state index in [-0.39, 0.29) is 23.9 Å². The van der Waals surface area contributed by atoms with Crippen LogP contribution >= 0.6 is 7.60 Å². The van der Waals surface area contributed by atoms with Gasteiger partial charge in [-0.1, -0.05) is 30.3 Å². The molecule has 0 N–H and O–H groups in total. The minimum absolute atomic E-state index is 0.0734. The highest BCUT2D eigenvalue weighted by molar-refractivity contribution is 7.54. The molecular formula is C16H24NO3P. The second-order valence-corrected chi connectivity index (χ2v) is 8.23. The smallest absolute Gasteiger partial charge is 0.306 e. The first kappa shape index (κ1) is 16.4. The average molecular weight is 309 g/mol. The van der Waals surface area contributed by atoms with Crippen molar-refractivity contribution in [3.05, 3.63) is 35.9 Å². The van der Waals surface area contributed by atoms with Gasteiger partial charge in [0.25, 0.3) is 0 Å². The van der Waals surface area contributed by atoms with Crippen LogP contribution in [-0.2, 0) is 13.6 Å². The summed E-state index contributed by atoms with van der Waals surface area (Å²) in [7, 11) is -3.19. The van der Waals surface area contributed by atoms with E-state index < -0.39 is 7.60 Å². The van der Waals surface area contributed by atoms with Crippen LogP contribution in [0.15, 0.2) is 35.3 Å². The monoisotopic (exact) mass is 309 g/mol. The maximum absolute atomic E-state index is 13.1. The number of benzene rings is 1. The number of hydrogen-bond acceptors (Lipinski definition) is 4. The lowest BCUT2D eigenvalue weighted by molar-refractivity contribution is 0.137. The van der Waals surface area contributed by atoms with Crippen molar-refractivity contribution in [3.8, 4) is 0 Å². The summed E-state index contributed by atoms with van der Waals surface area (Å²) >= 11 is 0. The number of rotatable bonds is 7. The third-order valence-electron chi connectivity index (χ3n) is 3.23. The summed E-state index contributed by atoms with van der Waals surface area (Å²) in [5.74, 6) is 0. The summed E-state index contributed by atoms with van der Waals surface area (Å²) in [4.78, 5) is 4.49. The van der Waals surface area contributed by atoms with Gasteiger partial charge in [-0.25, -0.2) is 0 Å². The summed E-state index contributed by atoms with van der Waals surface area (Å²) in [6.07, 6.45) is -0.285.